The largest absolute Gasteiger partial charge is 0.347 e. The van der Waals surface area contributed by atoms with E-state index in [0.717, 1.165) is 31.9 Å². The monoisotopic (exact) mass is 333 g/mol. The van der Waals surface area contributed by atoms with Crippen molar-refractivity contribution in [3.05, 3.63) is 18.5 Å². The number of piperazine rings is 1. The normalized spacial score (nSPS) is 23.8. The highest BCUT2D eigenvalue weighted by atomic mass is 16.7. The van der Waals surface area contributed by atoms with Crippen molar-refractivity contribution in [2.24, 2.45) is 0 Å². The Morgan fingerprint density at radius 1 is 0.917 bits per heavy atom. The maximum Gasteiger partial charge on any atom is 0.320 e. The lowest BCUT2D eigenvalue weighted by Crippen LogP contribution is -2.56. The van der Waals surface area contributed by atoms with Gasteiger partial charge in [-0.25, -0.2) is 14.8 Å². The van der Waals surface area contributed by atoms with Gasteiger partial charge in [-0.15, -0.1) is 0 Å². The molecule has 3 saturated heterocycles. The molecule has 0 aromatic carbocycles. The fourth-order valence-corrected chi connectivity index (χ4v) is 3.58. The minimum absolute atomic E-state index is 0.122. The third-order valence-corrected chi connectivity index (χ3v) is 4.99. The summed E-state index contributed by atoms with van der Waals surface area (Å²) in [6.45, 7) is 5.65. The van der Waals surface area contributed by atoms with E-state index < -0.39 is 5.79 Å². The van der Waals surface area contributed by atoms with Crippen molar-refractivity contribution in [1.82, 2.24) is 19.8 Å². The molecule has 0 atom stereocenters. The number of rotatable bonds is 1. The number of likely N-dealkylation sites (tertiary alicyclic amines) is 1. The summed E-state index contributed by atoms with van der Waals surface area (Å²) in [6, 6.07) is 1.93. The Hall–Kier alpha value is -1.93. The molecular weight excluding hydrogens is 310 g/mol. The van der Waals surface area contributed by atoms with Crippen LogP contribution >= 0.6 is 0 Å². The summed E-state index contributed by atoms with van der Waals surface area (Å²) in [5.74, 6) is 0.306. The molecule has 0 bridgehead atoms. The molecule has 0 aliphatic carbocycles. The van der Waals surface area contributed by atoms with Crippen LogP contribution in [0.1, 0.15) is 12.8 Å². The lowest BCUT2D eigenvalue weighted by atomic mass is 10.0. The first-order chi connectivity index (χ1) is 11.8. The number of aromatic nitrogens is 2. The van der Waals surface area contributed by atoms with Crippen LogP contribution in [0.2, 0.25) is 0 Å². The van der Waals surface area contributed by atoms with E-state index in [1.165, 1.54) is 0 Å². The van der Waals surface area contributed by atoms with Crippen molar-refractivity contribution < 1.29 is 14.3 Å². The Morgan fingerprint density at radius 3 is 2.12 bits per heavy atom. The van der Waals surface area contributed by atoms with Crippen LogP contribution in [0.5, 0.6) is 0 Å². The fourth-order valence-electron chi connectivity index (χ4n) is 3.58. The van der Waals surface area contributed by atoms with Crippen LogP contribution in [-0.2, 0) is 9.47 Å². The van der Waals surface area contributed by atoms with Gasteiger partial charge in [-0.1, -0.05) is 0 Å². The van der Waals surface area contributed by atoms with Gasteiger partial charge < -0.3 is 24.2 Å². The van der Waals surface area contributed by atoms with E-state index in [4.69, 9.17) is 9.47 Å². The first-order valence-electron chi connectivity index (χ1n) is 8.60. The Bertz CT molecular complexity index is 560. The second-order valence-electron chi connectivity index (χ2n) is 6.40. The van der Waals surface area contributed by atoms with Crippen molar-refractivity contribution in [2.75, 3.05) is 57.4 Å². The number of nitrogens with zero attached hydrogens (tertiary/aromatic N) is 5. The number of carbonyl (C=O) groups excluding carboxylic acids is 1. The van der Waals surface area contributed by atoms with Gasteiger partial charge in [0.1, 0.15) is 0 Å². The van der Waals surface area contributed by atoms with Gasteiger partial charge in [0.25, 0.3) is 0 Å². The SMILES string of the molecule is O=C(N1CCN(c2ncccn2)CC1)N1CCC2(CC1)OCCO2. The van der Waals surface area contributed by atoms with Crippen LogP contribution in [0.25, 0.3) is 0 Å². The van der Waals surface area contributed by atoms with E-state index in [1.54, 1.807) is 12.4 Å². The molecule has 4 rings (SSSR count). The zero-order valence-corrected chi connectivity index (χ0v) is 13.8. The molecule has 2 amide bonds. The summed E-state index contributed by atoms with van der Waals surface area (Å²) in [5.41, 5.74) is 0. The zero-order valence-electron chi connectivity index (χ0n) is 13.8. The van der Waals surface area contributed by atoms with Crippen LogP contribution in [0.3, 0.4) is 0 Å². The standard InChI is InChI=1S/C16H23N5O3/c22-15(20-6-2-16(3-7-20)23-12-13-24-16)21-10-8-19(9-11-21)14-17-4-1-5-18-14/h1,4-5H,2-3,6-13H2. The maximum absolute atomic E-state index is 12.7. The van der Waals surface area contributed by atoms with Crippen LogP contribution < -0.4 is 4.90 Å². The molecule has 0 N–H and O–H groups in total. The molecule has 3 fully saturated rings. The molecule has 0 saturated carbocycles. The summed E-state index contributed by atoms with van der Waals surface area (Å²) in [7, 11) is 0. The van der Waals surface area contributed by atoms with Crippen LogP contribution in [-0.4, -0.2) is 84.1 Å². The summed E-state index contributed by atoms with van der Waals surface area (Å²) in [5, 5.41) is 0. The van der Waals surface area contributed by atoms with Crippen LogP contribution in [0, 0.1) is 0 Å². The van der Waals surface area contributed by atoms with Gasteiger partial charge in [0.05, 0.1) is 13.2 Å². The minimum Gasteiger partial charge on any atom is -0.347 e. The molecule has 8 heteroatoms. The minimum atomic E-state index is -0.430. The van der Waals surface area contributed by atoms with Crippen molar-refractivity contribution >= 4 is 12.0 Å². The third-order valence-electron chi connectivity index (χ3n) is 4.99. The smallest absolute Gasteiger partial charge is 0.320 e. The highest BCUT2D eigenvalue weighted by molar-refractivity contribution is 5.75. The number of carbonyl (C=O) groups is 1. The quantitative estimate of drug-likeness (QED) is 0.748. The predicted molar refractivity (Wildman–Crippen MR) is 86.7 cm³/mol. The van der Waals surface area contributed by atoms with E-state index in [0.29, 0.717) is 39.4 Å². The summed E-state index contributed by atoms with van der Waals surface area (Å²) in [6.07, 6.45) is 5.01. The van der Waals surface area contributed by atoms with Crippen LogP contribution in [0.15, 0.2) is 18.5 Å². The summed E-state index contributed by atoms with van der Waals surface area (Å²) >= 11 is 0. The number of piperidine rings is 1. The lowest BCUT2D eigenvalue weighted by molar-refractivity contribution is -0.181. The molecule has 130 valence electrons. The molecule has 1 spiro atoms. The van der Waals surface area contributed by atoms with E-state index >= 15 is 0 Å². The number of urea groups is 1. The van der Waals surface area contributed by atoms with Gasteiger partial charge in [0.15, 0.2) is 5.79 Å². The fraction of sp³-hybridized carbons (Fsp3) is 0.688. The first kappa shape index (κ1) is 15.6. The molecule has 1 aromatic heterocycles. The molecule has 3 aliphatic heterocycles. The van der Waals surface area contributed by atoms with E-state index in [2.05, 4.69) is 14.9 Å². The van der Waals surface area contributed by atoms with Crippen molar-refractivity contribution in [3.8, 4) is 0 Å². The molecule has 0 unspecified atom stereocenters. The molecule has 3 aliphatic rings. The maximum atomic E-state index is 12.7. The Balaban J connectivity index is 1.29. The van der Waals surface area contributed by atoms with Gasteiger partial charge in [0, 0.05) is 64.5 Å². The summed E-state index contributed by atoms with van der Waals surface area (Å²) < 4.78 is 11.4. The molecule has 0 radical (unpaired) electrons. The van der Waals surface area contributed by atoms with E-state index in [9.17, 15) is 4.79 Å². The number of anilines is 1. The number of hydrogen-bond donors (Lipinski definition) is 0. The Morgan fingerprint density at radius 2 is 1.50 bits per heavy atom. The predicted octanol–water partition coefficient (Wildman–Crippen LogP) is 0.557. The Labute approximate surface area is 141 Å². The van der Waals surface area contributed by atoms with Gasteiger partial charge in [-0.3, -0.25) is 0 Å². The summed E-state index contributed by atoms with van der Waals surface area (Å²) in [4.78, 5) is 27.2. The second-order valence-corrected chi connectivity index (χ2v) is 6.40. The first-order valence-corrected chi connectivity index (χ1v) is 8.60. The molecule has 24 heavy (non-hydrogen) atoms. The number of ether oxygens (including phenoxy) is 2. The van der Waals surface area contributed by atoms with Gasteiger partial charge in [-0.2, -0.15) is 0 Å². The van der Waals surface area contributed by atoms with Gasteiger partial charge >= 0.3 is 6.03 Å². The van der Waals surface area contributed by atoms with Gasteiger partial charge in [-0.05, 0) is 6.07 Å². The molecular formula is C16H23N5O3. The van der Waals surface area contributed by atoms with Crippen LogP contribution in [0.4, 0.5) is 10.7 Å². The highest BCUT2D eigenvalue weighted by Crippen LogP contribution is 2.31. The number of amides is 2. The highest BCUT2D eigenvalue weighted by Gasteiger charge is 2.41. The third kappa shape index (κ3) is 3.03. The van der Waals surface area contributed by atoms with Crippen molar-refractivity contribution in [1.29, 1.82) is 0 Å². The van der Waals surface area contributed by atoms with Gasteiger partial charge in [0.2, 0.25) is 5.95 Å². The molecule has 4 heterocycles. The molecule has 8 nitrogen and oxygen atoms in total. The number of hydrogen-bond acceptors (Lipinski definition) is 6. The van der Waals surface area contributed by atoms with Crippen molar-refractivity contribution in [2.45, 2.75) is 18.6 Å². The molecule has 1 aromatic rings. The van der Waals surface area contributed by atoms with E-state index in [-0.39, 0.29) is 6.03 Å². The van der Waals surface area contributed by atoms with Crippen molar-refractivity contribution in [3.63, 3.8) is 0 Å². The second kappa shape index (κ2) is 6.52. The average molecular weight is 333 g/mol. The zero-order chi connectivity index (χ0) is 16.4. The van der Waals surface area contributed by atoms with E-state index in [1.807, 2.05) is 15.9 Å². The Kier molecular flexibility index (Phi) is 4.24. The average Bonchev–Trinajstić information content (AvgIpc) is 3.11. The lowest BCUT2D eigenvalue weighted by Gasteiger charge is -2.41. The topological polar surface area (TPSA) is 71.0 Å².